The van der Waals surface area contributed by atoms with Crippen molar-refractivity contribution in [3.05, 3.63) is 41.5 Å². The lowest BCUT2D eigenvalue weighted by molar-refractivity contribution is 0.0994. The van der Waals surface area contributed by atoms with Crippen LogP contribution in [0.4, 0.5) is 5.69 Å². The van der Waals surface area contributed by atoms with Crippen LogP contribution in [0.15, 0.2) is 30.3 Å². The third-order valence-corrected chi connectivity index (χ3v) is 4.31. The predicted molar refractivity (Wildman–Crippen MR) is 87.3 cm³/mol. The van der Waals surface area contributed by atoms with Crippen molar-refractivity contribution < 1.29 is 23.7 Å². The van der Waals surface area contributed by atoms with Gasteiger partial charge in [-0.15, -0.1) is 0 Å². The number of amides is 1. The zero-order valence-electron chi connectivity index (χ0n) is 13.6. The highest BCUT2D eigenvalue weighted by Gasteiger charge is 2.41. The average Bonchev–Trinajstić information content (AvgIpc) is 3.22. The summed E-state index contributed by atoms with van der Waals surface area (Å²) in [6.07, 6.45) is 0. The number of carbonyl (C=O) groups is 1. The number of anilines is 1. The molecule has 2 aromatic rings. The van der Waals surface area contributed by atoms with Gasteiger partial charge in [0.25, 0.3) is 5.91 Å². The van der Waals surface area contributed by atoms with E-state index in [1.54, 1.807) is 30.3 Å². The lowest BCUT2D eigenvalue weighted by atomic mass is 10.0. The van der Waals surface area contributed by atoms with Gasteiger partial charge in [0, 0.05) is 23.4 Å². The first-order valence-electron chi connectivity index (χ1n) is 7.56. The van der Waals surface area contributed by atoms with Crippen LogP contribution in [0, 0.1) is 11.3 Å². The molecule has 2 heterocycles. The van der Waals surface area contributed by atoms with Crippen LogP contribution in [0.3, 0.4) is 0 Å². The summed E-state index contributed by atoms with van der Waals surface area (Å²) in [4.78, 5) is 14.4. The van der Waals surface area contributed by atoms with E-state index in [4.69, 9.17) is 18.9 Å². The number of nitriles is 1. The van der Waals surface area contributed by atoms with E-state index in [1.165, 1.54) is 19.1 Å². The normalized spacial score (nSPS) is 17.2. The number of fused-ring (bicyclic) bond motifs is 2. The molecule has 7 heteroatoms. The first-order valence-corrected chi connectivity index (χ1v) is 7.56. The number of hydrogen-bond acceptors (Lipinski definition) is 6. The summed E-state index contributed by atoms with van der Waals surface area (Å²) in [5.41, 5.74) is 1.48. The van der Waals surface area contributed by atoms with E-state index < -0.39 is 6.04 Å². The third-order valence-electron chi connectivity index (χ3n) is 4.31. The molecule has 1 unspecified atom stereocenters. The summed E-state index contributed by atoms with van der Waals surface area (Å²) in [7, 11) is 3.01. The number of ether oxygens (including phenoxy) is 4. The summed E-state index contributed by atoms with van der Waals surface area (Å²) < 4.78 is 21.3. The van der Waals surface area contributed by atoms with Crippen molar-refractivity contribution in [1.29, 1.82) is 5.26 Å². The Kier molecular flexibility index (Phi) is 3.39. The lowest BCUT2D eigenvalue weighted by Crippen LogP contribution is -2.26. The second-order valence-corrected chi connectivity index (χ2v) is 5.54. The van der Waals surface area contributed by atoms with Gasteiger partial charge in [-0.2, -0.15) is 5.26 Å². The highest BCUT2D eigenvalue weighted by atomic mass is 16.7. The van der Waals surface area contributed by atoms with Crippen molar-refractivity contribution in [3.63, 3.8) is 0 Å². The Bertz CT molecular complexity index is 918. The van der Waals surface area contributed by atoms with E-state index in [9.17, 15) is 10.1 Å². The maximum Gasteiger partial charge on any atom is 0.260 e. The average molecular weight is 338 g/mol. The molecule has 126 valence electrons. The zero-order chi connectivity index (χ0) is 17.6. The SMILES string of the molecule is COc1cc(OC)c2c(c1)C(=O)N(c1ccc3c(c1)OCO3)C2C#N. The summed E-state index contributed by atoms with van der Waals surface area (Å²) >= 11 is 0. The topological polar surface area (TPSA) is 81.0 Å². The molecule has 4 rings (SSSR count). The van der Waals surface area contributed by atoms with Crippen LogP contribution in [-0.2, 0) is 0 Å². The molecule has 25 heavy (non-hydrogen) atoms. The summed E-state index contributed by atoms with van der Waals surface area (Å²) in [6, 6.07) is 9.82. The maximum atomic E-state index is 13.0. The van der Waals surface area contributed by atoms with Crippen LogP contribution in [0.1, 0.15) is 22.0 Å². The van der Waals surface area contributed by atoms with E-state index in [2.05, 4.69) is 6.07 Å². The highest BCUT2D eigenvalue weighted by molar-refractivity contribution is 6.12. The minimum absolute atomic E-state index is 0.139. The quantitative estimate of drug-likeness (QED) is 0.856. The Balaban J connectivity index is 1.85. The van der Waals surface area contributed by atoms with Crippen LogP contribution in [0.2, 0.25) is 0 Å². The summed E-state index contributed by atoms with van der Waals surface area (Å²) in [5, 5.41) is 9.72. The summed E-state index contributed by atoms with van der Waals surface area (Å²) in [6.45, 7) is 0.139. The van der Waals surface area contributed by atoms with Gasteiger partial charge in [0.05, 0.1) is 25.9 Å². The number of hydrogen-bond donors (Lipinski definition) is 0. The van der Waals surface area contributed by atoms with E-state index in [1.807, 2.05) is 0 Å². The molecule has 7 nitrogen and oxygen atoms in total. The van der Waals surface area contributed by atoms with Crippen molar-refractivity contribution in [2.24, 2.45) is 0 Å². The molecule has 0 radical (unpaired) electrons. The molecule has 2 aromatic carbocycles. The summed E-state index contributed by atoms with van der Waals surface area (Å²) in [5.74, 6) is 1.80. The fourth-order valence-electron chi connectivity index (χ4n) is 3.15. The Labute approximate surface area is 143 Å². The largest absolute Gasteiger partial charge is 0.497 e. The number of carbonyl (C=O) groups excluding carboxylic acids is 1. The fourth-order valence-corrected chi connectivity index (χ4v) is 3.15. The Hall–Kier alpha value is -3.40. The first-order chi connectivity index (χ1) is 12.2. The van der Waals surface area contributed by atoms with Crippen molar-refractivity contribution >= 4 is 11.6 Å². The first kappa shape index (κ1) is 15.1. The van der Waals surface area contributed by atoms with Crippen LogP contribution in [0.25, 0.3) is 0 Å². The smallest absolute Gasteiger partial charge is 0.260 e. The molecule has 0 saturated heterocycles. The van der Waals surface area contributed by atoms with Crippen molar-refractivity contribution in [3.8, 4) is 29.1 Å². The van der Waals surface area contributed by atoms with Gasteiger partial charge in [-0.3, -0.25) is 9.69 Å². The lowest BCUT2D eigenvalue weighted by Gasteiger charge is -2.20. The van der Waals surface area contributed by atoms with E-state index in [0.29, 0.717) is 39.8 Å². The molecule has 0 bridgehead atoms. The predicted octanol–water partition coefficient (Wildman–Crippen LogP) is 2.66. The van der Waals surface area contributed by atoms with Gasteiger partial charge in [0.1, 0.15) is 11.5 Å². The van der Waals surface area contributed by atoms with Gasteiger partial charge >= 0.3 is 0 Å². The van der Waals surface area contributed by atoms with Gasteiger partial charge in [-0.1, -0.05) is 0 Å². The van der Waals surface area contributed by atoms with Gasteiger partial charge < -0.3 is 18.9 Å². The number of nitrogens with zero attached hydrogens (tertiary/aromatic N) is 2. The van der Waals surface area contributed by atoms with Gasteiger partial charge in [-0.25, -0.2) is 0 Å². The maximum absolute atomic E-state index is 13.0. The molecule has 2 aliphatic heterocycles. The standard InChI is InChI=1S/C18H14N2O5/c1-22-11-6-12-17(16(7-11)23-2)13(8-19)20(18(12)21)10-3-4-14-15(5-10)25-9-24-14/h3-7,13H,9H2,1-2H3. The van der Waals surface area contributed by atoms with Crippen molar-refractivity contribution in [2.75, 3.05) is 25.9 Å². The highest BCUT2D eigenvalue weighted by Crippen LogP contribution is 2.46. The molecule has 1 atom stereocenters. The molecule has 2 aliphatic rings. The minimum atomic E-state index is -0.802. The molecule has 0 aliphatic carbocycles. The Morgan fingerprint density at radius 1 is 1.16 bits per heavy atom. The van der Waals surface area contributed by atoms with Crippen molar-refractivity contribution in [1.82, 2.24) is 0 Å². The molecule has 0 aromatic heterocycles. The molecule has 1 amide bonds. The fraction of sp³-hybridized carbons (Fsp3) is 0.222. The number of methoxy groups -OCH3 is 2. The second kappa shape index (κ2) is 5.60. The molecular weight excluding hydrogens is 324 g/mol. The van der Waals surface area contributed by atoms with E-state index >= 15 is 0 Å². The van der Waals surface area contributed by atoms with Crippen LogP contribution < -0.4 is 23.8 Å². The van der Waals surface area contributed by atoms with Crippen LogP contribution >= 0.6 is 0 Å². The number of benzene rings is 2. The molecule has 0 N–H and O–H groups in total. The minimum Gasteiger partial charge on any atom is -0.497 e. The van der Waals surface area contributed by atoms with E-state index in [-0.39, 0.29) is 12.7 Å². The monoisotopic (exact) mass is 338 g/mol. The zero-order valence-corrected chi connectivity index (χ0v) is 13.6. The van der Waals surface area contributed by atoms with Crippen LogP contribution in [-0.4, -0.2) is 26.9 Å². The molecule has 0 spiro atoms. The molecule has 0 saturated carbocycles. The Morgan fingerprint density at radius 2 is 1.96 bits per heavy atom. The van der Waals surface area contributed by atoms with Crippen LogP contribution in [0.5, 0.6) is 23.0 Å². The van der Waals surface area contributed by atoms with Gasteiger partial charge in [-0.05, 0) is 18.2 Å². The van der Waals surface area contributed by atoms with Gasteiger partial charge in [0.2, 0.25) is 6.79 Å². The molecular formula is C18H14N2O5. The van der Waals surface area contributed by atoms with E-state index in [0.717, 1.165) is 0 Å². The number of rotatable bonds is 3. The van der Waals surface area contributed by atoms with Gasteiger partial charge in [0.15, 0.2) is 17.5 Å². The third kappa shape index (κ3) is 2.15. The Morgan fingerprint density at radius 3 is 2.68 bits per heavy atom. The van der Waals surface area contributed by atoms with Crippen molar-refractivity contribution in [2.45, 2.75) is 6.04 Å². The molecule has 0 fully saturated rings. The second-order valence-electron chi connectivity index (χ2n) is 5.54.